The van der Waals surface area contributed by atoms with E-state index in [-0.39, 0.29) is 17.7 Å². The summed E-state index contributed by atoms with van der Waals surface area (Å²) in [5, 5.41) is 2.96. The maximum absolute atomic E-state index is 13.0. The van der Waals surface area contributed by atoms with Gasteiger partial charge in [-0.05, 0) is 30.5 Å². The van der Waals surface area contributed by atoms with Gasteiger partial charge in [-0.2, -0.15) is 0 Å². The Labute approximate surface area is 180 Å². The van der Waals surface area contributed by atoms with Crippen LogP contribution in [0.25, 0.3) is 6.08 Å². The number of thiocarbonyl (C=S) groups is 1. The molecule has 1 atom stereocenters. The first-order valence-corrected chi connectivity index (χ1v) is 10.7. The number of aromatic nitrogens is 3. The third kappa shape index (κ3) is 4.97. The molecule has 3 heterocycles. The smallest absolute Gasteiger partial charge is 0.267 e. The number of hydrogen-bond acceptors (Lipinski definition) is 5. The molecule has 9 heteroatoms. The molecule has 1 aliphatic rings. The molecule has 7 nitrogen and oxygen atoms in total. The Morgan fingerprint density at radius 1 is 1.38 bits per heavy atom. The van der Waals surface area contributed by atoms with Crippen LogP contribution in [-0.2, 0) is 23.2 Å². The zero-order chi connectivity index (χ0) is 21.0. The molecule has 29 heavy (non-hydrogen) atoms. The van der Waals surface area contributed by atoms with Crippen LogP contribution in [0.2, 0.25) is 0 Å². The maximum Gasteiger partial charge on any atom is 0.267 e. The van der Waals surface area contributed by atoms with Crippen LogP contribution in [0, 0.1) is 5.92 Å². The first-order chi connectivity index (χ1) is 13.9. The van der Waals surface area contributed by atoms with Crippen LogP contribution in [0.5, 0.6) is 0 Å². The Morgan fingerprint density at radius 2 is 2.17 bits per heavy atom. The largest absolute Gasteiger partial charge is 0.354 e. The molecule has 1 saturated heterocycles. The highest BCUT2D eigenvalue weighted by atomic mass is 32.2. The van der Waals surface area contributed by atoms with Crippen LogP contribution < -0.4 is 5.32 Å². The lowest BCUT2D eigenvalue weighted by Gasteiger charge is -2.29. The van der Waals surface area contributed by atoms with E-state index >= 15 is 0 Å². The van der Waals surface area contributed by atoms with E-state index in [2.05, 4.69) is 10.3 Å². The predicted octanol–water partition coefficient (Wildman–Crippen LogP) is 2.65. The van der Waals surface area contributed by atoms with Gasteiger partial charge in [-0.3, -0.25) is 14.5 Å². The zero-order valence-corrected chi connectivity index (χ0v) is 18.4. The van der Waals surface area contributed by atoms with Crippen LogP contribution in [0.1, 0.15) is 26.0 Å². The third-order valence-corrected chi connectivity index (χ3v) is 6.05. The molecule has 3 rings (SSSR count). The standard InChI is InChI=1S/C20H25N5O2S2/c1-14(2)17(18(26)22-7-5-10-24-11-8-21-13-24)25-19(27)16(29-20(25)28)12-15-6-4-9-23(15)3/h4,6,8-9,11-14,17H,5,7,10H2,1-3H3,(H,22,26). The molecule has 2 aromatic rings. The van der Waals surface area contributed by atoms with Gasteiger partial charge in [0.15, 0.2) is 0 Å². The van der Waals surface area contributed by atoms with E-state index in [9.17, 15) is 9.59 Å². The van der Waals surface area contributed by atoms with E-state index in [0.29, 0.717) is 15.8 Å². The first-order valence-electron chi connectivity index (χ1n) is 9.50. The van der Waals surface area contributed by atoms with E-state index in [1.54, 1.807) is 12.5 Å². The average molecular weight is 432 g/mol. The number of carbonyl (C=O) groups excluding carboxylic acids is 2. The summed E-state index contributed by atoms with van der Waals surface area (Å²) in [7, 11) is 1.92. The molecular formula is C20H25N5O2S2. The van der Waals surface area contributed by atoms with Gasteiger partial charge in [0.25, 0.3) is 5.91 Å². The molecule has 2 amide bonds. The minimum absolute atomic E-state index is 0.0689. The van der Waals surface area contributed by atoms with Crippen molar-refractivity contribution in [2.24, 2.45) is 13.0 Å². The molecule has 0 bridgehead atoms. The van der Waals surface area contributed by atoms with Gasteiger partial charge < -0.3 is 14.5 Å². The van der Waals surface area contributed by atoms with Crippen molar-refractivity contribution < 1.29 is 9.59 Å². The fourth-order valence-electron chi connectivity index (χ4n) is 3.19. The summed E-state index contributed by atoms with van der Waals surface area (Å²) in [5.41, 5.74) is 0.913. The Morgan fingerprint density at radius 3 is 2.79 bits per heavy atom. The Kier molecular flexibility index (Phi) is 6.92. The van der Waals surface area contributed by atoms with Crippen molar-refractivity contribution in [2.75, 3.05) is 6.54 Å². The summed E-state index contributed by atoms with van der Waals surface area (Å²) >= 11 is 6.70. The molecule has 2 aromatic heterocycles. The maximum atomic E-state index is 13.0. The third-order valence-electron chi connectivity index (χ3n) is 4.72. The number of thioether (sulfide) groups is 1. The second-order valence-corrected chi connectivity index (χ2v) is 8.91. The number of imidazole rings is 1. The number of nitrogens with zero attached hydrogens (tertiary/aromatic N) is 4. The second-order valence-electron chi connectivity index (χ2n) is 7.23. The fraction of sp³-hybridized carbons (Fsp3) is 0.400. The molecule has 154 valence electrons. The summed E-state index contributed by atoms with van der Waals surface area (Å²) in [5.74, 6) is -0.462. The van der Waals surface area contributed by atoms with Gasteiger partial charge in [-0.25, -0.2) is 4.98 Å². The lowest BCUT2D eigenvalue weighted by Crippen LogP contribution is -2.51. The molecule has 0 saturated carbocycles. The lowest BCUT2D eigenvalue weighted by atomic mass is 10.0. The summed E-state index contributed by atoms with van der Waals surface area (Å²) < 4.78 is 4.31. The van der Waals surface area contributed by atoms with Crippen molar-refractivity contribution in [1.82, 2.24) is 24.3 Å². The summed E-state index contributed by atoms with van der Waals surface area (Å²) in [4.78, 5) is 31.9. The fourth-order valence-corrected chi connectivity index (χ4v) is 4.51. The minimum atomic E-state index is -0.630. The number of aryl methyl sites for hydroxylation is 2. The van der Waals surface area contributed by atoms with Gasteiger partial charge in [0.1, 0.15) is 10.4 Å². The van der Waals surface area contributed by atoms with Crippen LogP contribution in [0.3, 0.4) is 0 Å². The van der Waals surface area contributed by atoms with Gasteiger partial charge in [-0.15, -0.1) is 0 Å². The van der Waals surface area contributed by atoms with E-state index in [1.165, 1.54) is 16.7 Å². The van der Waals surface area contributed by atoms with E-state index in [1.807, 2.05) is 60.6 Å². The molecule has 1 aliphatic heterocycles. The summed E-state index contributed by atoms with van der Waals surface area (Å²) in [6.07, 6.45) is 9.88. The predicted molar refractivity (Wildman–Crippen MR) is 119 cm³/mol. The van der Waals surface area contributed by atoms with Crippen molar-refractivity contribution in [3.8, 4) is 0 Å². The van der Waals surface area contributed by atoms with Crippen LogP contribution in [0.4, 0.5) is 0 Å². The zero-order valence-electron chi connectivity index (χ0n) is 16.7. The number of amides is 2. The molecule has 1 unspecified atom stereocenters. The molecule has 0 aliphatic carbocycles. The normalized spacial score (nSPS) is 16.8. The van der Waals surface area contributed by atoms with Crippen molar-refractivity contribution >= 4 is 46.2 Å². The molecule has 1 N–H and O–H groups in total. The van der Waals surface area contributed by atoms with Gasteiger partial charge >= 0.3 is 0 Å². The Bertz CT molecular complexity index is 917. The highest BCUT2D eigenvalue weighted by Crippen LogP contribution is 2.35. The monoisotopic (exact) mass is 431 g/mol. The van der Waals surface area contributed by atoms with E-state index in [0.717, 1.165) is 18.7 Å². The molecule has 1 fully saturated rings. The highest BCUT2D eigenvalue weighted by Gasteiger charge is 2.41. The lowest BCUT2D eigenvalue weighted by molar-refractivity contribution is -0.134. The van der Waals surface area contributed by atoms with Gasteiger partial charge in [0.2, 0.25) is 5.91 Å². The van der Waals surface area contributed by atoms with Crippen LogP contribution in [0.15, 0.2) is 42.0 Å². The summed E-state index contributed by atoms with van der Waals surface area (Å²) in [6.45, 7) is 5.14. The Hall–Kier alpha value is -2.39. The first kappa shape index (κ1) is 21.3. The Balaban J connectivity index is 1.66. The van der Waals surface area contributed by atoms with E-state index < -0.39 is 6.04 Å². The highest BCUT2D eigenvalue weighted by molar-refractivity contribution is 8.26. The van der Waals surface area contributed by atoms with Crippen molar-refractivity contribution in [1.29, 1.82) is 0 Å². The average Bonchev–Trinajstić information content (AvgIpc) is 3.38. The molecular weight excluding hydrogens is 406 g/mol. The topological polar surface area (TPSA) is 72.2 Å². The van der Waals surface area contributed by atoms with Crippen LogP contribution >= 0.6 is 24.0 Å². The van der Waals surface area contributed by atoms with Gasteiger partial charge in [-0.1, -0.05) is 37.8 Å². The van der Waals surface area contributed by atoms with Crippen molar-refractivity contribution in [3.63, 3.8) is 0 Å². The van der Waals surface area contributed by atoms with Gasteiger partial charge in [0, 0.05) is 44.4 Å². The number of rotatable bonds is 8. The number of hydrogen-bond donors (Lipinski definition) is 1. The van der Waals surface area contributed by atoms with Crippen molar-refractivity contribution in [3.05, 3.63) is 47.6 Å². The minimum Gasteiger partial charge on any atom is -0.354 e. The SMILES string of the molecule is CC(C)C(C(=O)NCCCn1ccnc1)N1C(=O)C(=Cc2cccn2C)SC1=S. The molecule has 0 spiro atoms. The number of carbonyl (C=O) groups is 2. The second kappa shape index (κ2) is 9.41. The molecule has 0 radical (unpaired) electrons. The van der Waals surface area contributed by atoms with Crippen molar-refractivity contribution in [2.45, 2.75) is 32.9 Å². The molecule has 0 aromatic carbocycles. The van der Waals surface area contributed by atoms with E-state index in [4.69, 9.17) is 12.2 Å². The summed E-state index contributed by atoms with van der Waals surface area (Å²) in [6, 6.07) is 3.22. The van der Waals surface area contributed by atoms with Gasteiger partial charge in [0.05, 0.1) is 11.2 Å². The number of nitrogens with one attached hydrogen (secondary N) is 1. The quantitative estimate of drug-likeness (QED) is 0.395. The van der Waals surface area contributed by atoms with Crippen LogP contribution in [-0.4, -0.2) is 47.7 Å².